The Kier molecular flexibility index (Phi) is 9.20. The van der Waals surface area contributed by atoms with Gasteiger partial charge in [-0.25, -0.2) is 16.8 Å². The van der Waals surface area contributed by atoms with Crippen LogP contribution in [-0.2, 0) is 24.8 Å². The lowest BCUT2D eigenvalue weighted by Crippen LogP contribution is -2.50. The van der Waals surface area contributed by atoms with Crippen molar-refractivity contribution in [1.82, 2.24) is 9.62 Å². The minimum atomic E-state index is -3.76. The van der Waals surface area contributed by atoms with E-state index in [1.54, 1.807) is 43.3 Å². The van der Waals surface area contributed by atoms with Crippen LogP contribution in [0, 0.1) is 0 Å². The number of hydrogen-bond donors (Lipinski definition) is 1. The van der Waals surface area contributed by atoms with Crippen LogP contribution < -0.4 is 19.1 Å². The number of ether oxygens (including phenoxy) is 2. The first-order valence-corrected chi connectivity index (χ1v) is 15.0. The first-order valence-electron chi connectivity index (χ1n) is 11.7. The lowest BCUT2D eigenvalue weighted by Gasteiger charge is -2.30. The molecule has 36 heavy (non-hydrogen) atoms. The molecule has 0 radical (unpaired) electrons. The molecule has 1 unspecified atom stereocenters. The first-order chi connectivity index (χ1) is 17.1. The van der Waals surface area contributed by atoms with E-state index in [-0.39, 0.29) is 24.5 Å². The van der Waals surface area contributed by atoms with Crippen molar-refractivity contribution in [3.8, 4) is 11.5 Å². The molecular formula is C24H33N3O7S2. The molecule has 0 aliphatic carbocycles. The second-order valence-electron chi connectivity index (χ2n) is 8.41. The zero-order valence-corrected chi connectivity index (χ0v) is 22.3. The largest absolute Gasteiger partial charge is 0.497 e. The summed E-state index contributed by atoms with van der Waals surface area (Å²) < 4.78 is 63.8. The van der Waals surface area contributed by atoms with Crippen molar-refractivity contribution in [1.29, 1.82) is 0 Å². The maximum Gasteiger partial charge on any atom is 0.244 e. The number of nitrogens with zero attached hydrogens (tertiary/aromatic N) is 2. The summed E-state index contributed by atoms with van der Waals surface area (Å²) in [5.74, 6) is 0.483. The molecule has 0 bridgehead atoms. The van der Waals surface area contributed by atoms with Crippen LogP contribution in [0.4, 0.5) is 5.69 Å². The summed E-state index contributed by atoms with van der Waals surface area (Å²) in [4.78, 5) is 13.1. The zero-order valence-electron chi connectivity index (χ0n) is 20.7. The minimum Gasteiger partial charge on any atom is -0.497 e. The van der Waals surface area contributed by atoms with Gasteiger partial charge in [-0.2, -0.15) is 4.31 Å². The van der Waals surface area contributed by atoms with Gasteiger partial charge in [0.1, 0.15) is 24.1 Å². The topological polar surface area (TPSA) is 122 Å². The van der Waals surface area contributed by atoms with E-state index in [2.05, 4.69) is 5.32 Å². The molecule has 0 saturated carbocycles. The predicted molar refractivity (Wildman–Crippen MR) is 137 cm³/mol. The molecule has 1 fully saturated rings. The molecule has 1 saturated heterocycles. The Morgan fingerprint density at radius 3 is 2.31 bits per heavy atom. The third kappa shape index (κ3) is 6.68. The van der Waals surface area contributed by atoms with Gasteiger partial charge in [-0.05, 0) is 55.7 Å². The molecule has 1 amide bonds. The van der Waals surface area contributed by atoms with Crippen LogP contribution in [0.3, 0.4) is 0 Å². The summed E-state index contributed by atoms with van der Waals surface area (Å²) in [5, 5.41) is 2.72. The maximum absolute atomic E-state index is 12.9. The molecule has 0 aromatic heterocycles. The normalized spacial score (nSPS) is 15.3. The van der Waals surface area contributed by atoms with E-state index in [1.807, 2.05) is 0 Å². The minimum absolute atomic E-state index is 0.123. The number of anilines is 1. The Balaban J connectivity index is 1.59. The van der Waals surface area contributed by atoms with E-state index in [0.29, 0.717) is 30.3 Å². The number of benzene rings is 2. The Bertz CT molecular complexity index is 1240. The van der Waals surface area contributed by atoms with Crippen LogP contribution in [0.15, 0.2) is 53.4 Å². The van der Waals surface area contributed by atoms with Crippen LogP contribution in [0.5, 0.6) is 11.5 Å². The van der Waals surface area contributed by atoms with Gasteiger partial charge < -0.3 is 14.8 Å². The molecular weight excluding hydrogens is 506 g/mol. The summed E-state index contributed by atoms with van der Waals surface area (Å²) in [6.07, 6.45) is 3.04. The van der Waals surface area contributed by atoms with Crippen molar-refractivity contribution in [2.45, 2.75) is 37.1 Å². The third-order valence-corrected chi connectivity index (χ3v) is 8.93. The van der Waals surface area contributed by atoms with Crippen LogP contribution >= 0.6 is 0 Å². The number of amides is 1. The van der Waals surface area contributed by atoms with E-state index in [1.165, 1.54) is 23.5 Å². The number of nitrogens with one attached hydrogen (secondary N) is 1. The highest BCUT2D eigenvalue weighted by Crippen LogP contribution is 2.26. The van der Waals surface area contributed by atoms with Gasteiger partial charge >= 0.3 is 0 Å². The summed E-state index contributed by atoms with van der Waals surface area (Å²) >= 11 is 0. The summed E-state index contributed by atoms with van der Waals surface area (Å²) in [6.45, 7) is 3.06. The van der Waals surface area contributed by atoms with Gasteiger partial charge in [-0.3, -0.25) is 9.10 Å². The second kappa shape index (κ2) is 11.9. The van der Waals surface area contributed by atoms with Gasteiger partial charge in [-0.1, -0.05) is 13.0 Å². The average molecular weight is 540 g/mol. The van der Waals surface area contributed by atoms with Crippen molar-refractivity contribution in [2.24, 2.45) is 0 Å². The molecule has 3 rings (SSSR count). The van der Waals surface area contributed by atoms with E-state index >= 15 is 0 Å². The SMILES string of the molecule is CCC(C(=O)NCCOc1ccc(S(=O)(=O)N2CCCC2)cc1)N(c1cccc(OC)c1)S(C)(=O)=O. The van der Waals surface area contributed by atoms with Crippen LogP contribution in [-0.4, -0.2) is 72.7 Å². The predicted octanol–water partition coefficient (Wildman–Crippen LogP) is 2.22. The molecule has 1 aliphatic rings. The van der Waals surface area contributed by atoms with Gasteiger partial charge in [0.05, 0.1) is 30.5 Å². The van der Waals surface area contributed by atoms with Gasteiger partial charge in [0.25, 0.3) is 0 Å². The maximum atomic E-state index is 12.9. The number of hydrogen-bond acceptors (Lipinski definition) is 7. The highest BCUT2D eigenvalue weighted by Gasteiger charge is 2.31. The van der Waals surface area contributed by atoms with Crippen LogP contribution in [0.25, 0.3) is 0 Å². The number of carbonyl (C=O) groups is 1. The number of methoxy groups -OCH3 is 1. The van der Waals surface area contributed by atoms with E-state index in [0.717, 1.165) is 23.4 Å². The zero-order chi connectivity index (χ0) is 26.3. The fourth-order valence-corrected chi connectivity index (χ4v) is 6.77. The lowest BCUT2D eigenvalue weighted by molar-refractivity contribution is -0.122. The quantitative estimate of drug-likeness (QED) is 0.411. The van der Waals surface area contributed by atoms with Gasteiger partial charge in [-0.15, -0.1) is 0 Å². The summed E-state index contributed by atoms with van der Waals surface area (Å²) in [5.41, 5.74) is 0.332. The van der Waals surface area contributed by atoms with Crippen molar-refractivity contribution in [3.63, 3.8) is 0 Å². The summed E-state index contributed by atoms with van der Waals surface area (Å²) in [6, 6.07) is 11.7. The average Bonchev–Trinajstić information content (AvgIpc) is 3.40. The number of carbonyl (C=O) groups excluding carboxylic acids is 1. The van der Waals surface area contributed by atoms with E-state index in [9.17, 15) is 21.6 Å². The van der Waals surface area contributed by atoms with Crippen molar-refractivity contribution in [2.75, 3.05) is 43.9 Å². The van der Waals surface area contributed by atoms with Gasteiger partial charge in [0.2, 0.25) is 26.0 Å². The molecule has 1 heterocycles. The van der Waals surface area contributed by atoms with Crippen molar-refractivity contribution in [3.05, 3.63) is 48.5 Å². The smallest absolute Gasteiger partial charge is 0.244 e. The van der Waals surface area contributed by atoms with E-state index < -0.39 is 32.0 Å². The third-order valence-electron chi connectivity index (χ3n) is 5.83. The molecule has 12 heteroatoms. The number of sulfonamides is 2. The van der Waals surface area contributed by atoms with Crippen molar-refractivity contribution < 1.29 is 31.1 Å². The highest BCUT2D eigenvalue weighted by molar-refractivity contribution is 7.92. The number of rotatable bonds is 12. The Morgan fingerprint density at radius 2 is 1.72 bits per heavy atom. The lowest BCUT2D eigenvalue weighted by atomic mass is 10.2. The Hall–Kier alpha value is -2.83. The fraction of sp³-hybridized carbons (Fsp3) is 0.458. The summed E-state index contributed by atoms with van der Waals surface area (Å²) in [7, 11) is -5.77. The molecule has 1 N–H and O–H groups in total. The van der Waals surface area contributed by atoms with Gasteiger partial charge in [0.15, 0.2) is 0 Å². The molecule has 198 valence electrons. The monoisotopic (exact) mass is 539 g/mol. The fourth-order valence-electron chi connectivity index (χ4n) is 4.05. The van der Waals surface area contributed by atoms with Gasteiger partial charge in [0, 0.05) is 19.2 Å². The Morgan fingerprint density at radius 1 is 1.06 bits per heavy atom. The first kappa shape index (κ1) is 27.8. The Labute approximate surface area is 213 Å². The van der Waals surface area contributed by atoms with Crippen LogP contribution in [0.1, 0.15) is 26.2 Å². The van der Waals surface area contributed by atoms with Crippen molar-refractivity contribution >= 4 is 31.6 Å². The molecule has 0 spiro atoms. The molecule has 2 aromatic rings. The standard InChI is InChI=1S/C24H33N3O7S2/c1-4-23(27(35(3,29)30)19-8-7-9-21(18-19)33-2)24(28)25-14-17-34-20-10-12-22(13-11-20)36(31,32)26-15-5-6-16-26/h7-13,18,23H,4-6,14-17H2,1-3H3,(H,25,28). The molecule has 1 atom stereocenters. The molecule has 10 nitrogen and oxygen atoms in total. The molecule has 2 aromatic carbocycles. The second-order valence-corrected chi connectivity index (χ2v) is 12.2. The van der Waals surface area contributed by atoms with E-state index in [4.69, 9.17) is 9.47 Å². The molecule has 1 aliphatic heterocycles. The highest BCUT2D eigenvalue weighted by atomic mass is 32.2. The van der Waals surface area contributed by atoms with Crippen LogP contribution in [0.2, 0.25) is 0 Å².